The van der Waals surface area contributed by atoms with Gasteiger partial charge in [0.05, 0.1) is 27.3 Å². The minimum atomic E-state index is -0.532. The summed E-state index contributed by atoms with van der Waals surface area (Å²) in [5.74, 6) is -0.522. The number of aryl methyl sites for hydroxylation is 2. The van der Waals surface area contributed by atoms with Crippen LogP contribution < -0.4 is 10.9 Å². The summed E-state index contributed by atoms with van der Waals surface area (Å²) in [6.45, 7) is 3.69. The number of hydrogen-bond acceptors (Lipinski definition) is 6. The molecule has 0 aliphatic rings. The van der Waals surface area contributed by atoms with E-state index in [0.29, 0.717) is 21.7 Å². The summed E-state index contributed by atoms with van der Waals surface area (Å²) in [7, 11) is 0. The third-order valence-electron chi connectivity index (χ3n) is 4.99. The highest BCUT2D eigenvalue weighted by molar-refractivity contribution is 7.99. The molecule has 0 bridgehead atoms. The molecule has 0 spiro atoms. The number of hydrogen-bond donors (Lipinski definition) is 1. The number of benzene rings is 3. The molecule has 4 aromatic rings. The van der Waals surface area contributed by atoms with Gasteiger partial charge in [-0.15, -0.1) is 0 Å². The van der Waals surface area contributed by atoms with Crippen LogP contribution >= 0.6 is 11.8 Å². The van der Waals surface area contributed by atoms with E-state index in [1.54, 1.807) is 37.3 Å². The van der Waals surface area contributed by atoms with Crippen molar-refractivity contribution >= 4 is 39.9 Å². The molecule has 1 heterocycles. The largest absolute Gasteiger partial charge is 0.320 e. The zero-order chi connectivity index (χ0) is 23.5. The Kier molecular flexibility index (Phi) is 6.23. The Morgan fingerprint density at radius 2 is 1.76 bits per heavy atom. The van der Waals surface area contributed by atoms with Gasteiger partial charge in [0.15, 0.2) is 5.16 Å². The van der Waals surface area contributed by atoms with Gasteiger partial charge in [0.1, 0.15) is 5.69 Å². The molecule has 166 valence electrons. The van der Waals surface area contributed by atoms with Crippen molar-refractivity contribution in [2.75, 3.05) is 11.1 Å². The zero-order valence-corrected chi connectivity index (χ0v) is 18.8. The molecule has 0 atom stereocenters. The molecular formula is C24H20N4O4S. The molecule has 33 heavy (non-hydrogen) atoms. The first-order valence-electron chi connectivity index (χ1n) is 10.1. The number of amides is 1. The van der Waals surface area contributed by atoms with E-state index in [-0.39, 0.29) is 22.7 Å². The number of para-hydroxylation sites is 1. The number of nitrogens with one attached hydrogen (secondary N) is 1. The van der Waals surface area contributed by atoms with E-state index < -0.39 is 10.8 Å². The predicted octanol–water partition coefficient (Wildman–Crippen LogP) is 4.64. The normalized spacial score (nSPS) is 10.8. The molecule has 8 nitrogen and oxygen atoms in total. The number of nitro benzene ring substituents is 1. The summed E-state index contributed by atoms with van der Waals surface area (Å²) in [6, 6.07) is 19.1. The van der Waals surface area contributed by atoms with Crippen molar-refractivity contribution in [2.24, 2.45) is 0 Å². The zero-order valence-electron chi connectivity index (χ0n) is 17.9. The van der Waals surface area contributed by atoms with Crippen LogP contribution in [0, 0.1) is 24.0 Å². The van der Waals surface area contributed by atoms with Crippen LogP contribution in [-0.2, 0) is 4.79 Å². The smallest absolute Gasteiger partial charge is 0.293 e. The second kappa shape index (κ2) is 9.25. The lowest BCUT2D eigenvalue weighted by atomic mass is 10.2. The molecule has 0 unspecified atom stereocenters. The molecule has 9 heteroatoms. The highest BCUT2D eigenvalue weighted by atomic mass is 32.2. The van der Waals surface area contributed by atoms with E-state index in [2.05, 4.69) is 10.3 Å². The van der Waals surface area contributed by atoms with Crippen LogP contribution in [0.15, 0.2) is 76.7 Å². The summed E-state index contributed by atoms with van der Waals surface area (Å²) in [5.41, 5.74) is 2.66. The molecule has 0 aliphatic carbocycles. The van der Waals surface area contributed by atoms with E-state index in [4.69, 9.17) is 0 Å². The maximum absolute atomic E-state index is 13.3. The van der Waals surface area contributed by atoms with Crippen LogP contribution in [0.3, 0.4) is 0 Å². The Labute approximate surface area is 193 Å². The topological polar surface area (TPSA) is 107 Å². The van der Waals surface area contributed by atoms with E-state index in [0.717, 1.165) is 22.9 Å². The van der Waals surface area contributed by atoms with Crippen LogP contribution in [0.25, 0.3) is 16.6 Å². The molecule has 4 rings (SSSR count). The maximum Gasteiger partial charge on any atom is 0.293 e. The Morgan fingerprint density at radius 3 is 2.48 bits per heavy atom. The average molecular weight is 461 g/mol. The van der Waals surface area contributed by atoms with Gasteiger partial charge in [-0.25, -0.2) is 4.98 Å². The van der Waals surface area contributed by atoms with Gasteiger partial charge in [-0.1, -0.05) is 47.7 Å². The first-order valence-corrected chi connectivity index (χ1v) is 11.1. The standard InChI is InChI=1S/C24H20N4O4S/c1-15-7-10-17(11-8-15)27-23(30)18-5-3-4-6-19(18)26-24(27)33-14-22(29)25-20-12-9-16(2)13-21(20)28(31)32/h3-13H,14H2,1-2H3,(H,25,29). The van der Waals surface area contributed by atoms with Crippen molar-refractivity contribution in [1.82, 2.24) is 9.55 Å². The number of fused-ring (bicyclic) bond motifs is 1. The molecule has 1 N–H and O–H groups in total. The lowest BCUT2D eigenvalue weighted by molar-refractivity contribution is -0.384. The summed E-state index contributed by atoms with van der Waals surface area (Å²) < 4.78 is 1.48. The number of rotatable bonds is 6. The molecule has 0 aliphatic heterocycles. The third-order valence-corrected chi connectivity index (χ3v) is 5.93. The van der Waals surface area contributed by atoms with Gasteiger partial charge in [-0.2, -0.15) is 0 Å². The second-order valence-electron chi connectivity index (χ2n) is 7.50. The molecule has 0 saturated heterocycles. The Bertz CT molecular complexity index is 1430. The van der Waals surface area contributed by atoms with Gasteiger partial charge in [0.2, 0.25) is 5.91 Å². The number of nitro groups is 1. The minimum Gasteiger partial charge on any atom is -0.320 e. The van der Waals surface area contributed by atoms with Gasteiger partial charge in [-0.05, 0) is 49.7 Å². The highest BCUT2D eigenvalue weighted by Crippen LogP contribution is 2.26. The van der Waals surface area contributed by atoms with Crippen molar-refractivity contribution in [3.63, 3.8) is 0 Å². The van der Waals surface area contributed by atoms with Gasteiger partial charge in [-0.3, -0.25) is 24.3 Å². The molecule has 0 fully saturated rings. The molecule has 1 aromatic heterocycles. The molecule has 3 aromatic carbocycles. The number of carbonyl (C=O) groups is 1. The van der Waals surface area contributed by atoms with Gasteiger partial charge >= 0.3 is 0 Å². The fraction of sp³-hybridized carbons (Fsp3) is 0.125. The van der Waals surface area contributed by atoms with Crippen molar-refractivity contribution in [3.8, 4) is 5.69 Å². The Hall–Kier alpha value is -3.98. The summed E-state index contributed by atoms with van der Waals surface area (Å²) in [5, 5.41) is 14.7. The number of carbonyl (C=O) groups excluding carboxylic acids is 1. The van der Waals surface area contributed by atoms with Crippen molar-refractivity contribution in [2.45, 2.75) is 19.0 Å². The van der Waals surface area contributed by atoms with Crippen molar-refractivity contribution < 1.29 is 9.72 Å². The fourth-order valence-electron chi connectivity index (χ4n) is 3.35. The van der Waals surface area contributed by atoms with Crippen LogP contribution in [0.4, 0.5) is 11.4 Å². The first-order chi connectivity index (χ1) is 15.8. The molecular weight excluding hydrogens is 440 g/mol. The molecule has 0 radical (unpaired) electrons. The quantitative estimate of drug-likeness (QED) is 0.194. The first kappa shape index (κ1) is 22.2. The van der Waals surface area contributed by atoms with Crippen LogP contribution in [-0.4, -0.2) is 26.1 Å². The average Bonchev–Trinajstić information content (AvgIpc) is 2.80. The monoisotopic (exact) mass is 460 g/mol. The third kappa shape index (κ3) is 4.78. The van der Waals surface area contributed by atoms with Gasteiger partial charge in [0, 0.05) is 6.07 Å². The fourth-order valence-corrected chi connectivity index (χ4v) is 4.16. The summed E-state index contributed by atoms with van der Waals surface area (Å²) >= 11 is 1.09. The Balaban J connectivity index is 1.65. The van der Waals surface area contributed by atoms with Crippen molar-refractivity contribution in [3.05, 3.63) is 98.3 Å². The Morgan fingerprint density at radius 1 is 1.06 bits per heavy atom. The lowest BCUT2D eigenvalue weighted by Crippen LogP contribution is -2.23. The highest BCUT2D eigenvalue weighted by Gasteiger charge is 2.18. The van der Waals surface area contributed by atoms with Gasteiger partial charge < -0.3 is 5.32 Å². The second-order valence-corrected chi connectivity index (χ2v) is 8.44. The molecule has 0 saturated carbocycles. The SMILES string of the molecule is Cc1ccc(-n2c(SCC(=O)Nc3ccc(C)cc3[N+](=O)[O-])nc3ccccc3c2=O)cc1. The summed E-state index contributed by atoms with van der Waals surface area (Å²) in [4.78, 5) is 41.3. The number of nitrogens with zero attached hydrogens (tertiary/aromatic N) is 3. The van der Waals surface area contributed by atoms with Crippen LogP contribution in [0.2, 0.25) is 0 Å². The lowest BCUT2D eigenvalue weighted by Gasteiger charge is -2.13. The minimum absolute atomic E-state index is 0.0817. The maximum atomic E-state index is 13.3. The van der Waals surface area contributed by atoms with E-state index in [1.165, 1.54) is 16.7 Å². The summed E-state index contributed by atoms with van der Waals surface area (Å²) in [6.07, 6.45) is 0. The van der Waals surface area contributed by atoms with Gasteiger partial charge in [0.25, 0.3) is 11.2 Å². The van der Waals surface area contributed by atoms with Crippen LogP contribution in [0.1, 0.15) is 11.1 Å². The number of aromatic nitrogens is 2. The van der Waals surface area contributed by atoms with E-state index in [9.17, 15) is 19.7 Å². The predicted molar refractivity (Wildman–Crippen MR) is 129 cm³/mol. The number of anilines is 1. The number of thioether (sulfide) groups is 1. The molecule has 1 amide bonds. The van der Waals surface area contributed by atoms with E-state index in [1.807, 2.05) is 31.2 Å². The van der Waals surface area contributed by atoms with Crippen molar-refractivity contribution in [1.29, 1.82) is 0 Å². The van der Waals surface area contributed by atoms with Crippen LogP contribution in [0.5, 0.6) is 0 Å². The van der Waals surface area contributed by atoms with E-state index >= 15 is 0 Å².